The second-order valence-electron chi connectivity index (χ2n) is 6.62. The van der Waals surface area contributed by atoms with Crippen LogP contribution in [0.25, 0.3) is 43.1 Å². The Hall–Kier alpha value is -2.20. The highest BCUT2D eigenvalue weighted by Crippen LogP contribution is 2.44. The number of hydrogen-bond donors (Lipinski definition) is 2. The topological polar surface area (TPSA) is 74.6 Å². The van der Waals surface area contributed by atoms with Crippen molar-refractivity contribution in [3.05, 3.63) is 66.8 Å². The maximum atomic E-state index is 11.8. The van der Waals surface area contributed by atoms with Crippen molar-refractivity contribution in [2.75, 3.05) is 0 Å². The number of rotatable bonds is 2. The predicted molar refractivity (Wildman–Crippen MR) is 127 cm³/mol. The number of hydrogen-bond acceptors (Lipinski definition) is 2. The summed E-state index contributed by atoms with van der Waals surface area (Å²) in [4.78, 5) is 23.7. The van der Waals surface area contributed by atoms with Gasteiger partial charge in [0.1, 0.15) is 0 Å². The first kappa shape index (κ1) is 17.9. The lowest BCUT2D eigenvalue weighted by Gasteiger charge is -2.18. The van der Waals surface area contributed by atoms with E-state index in [-0.39, 0.29) is 11.1 Å². The van der Waals surface area contributed by atoms with Gasteiger partial charge in [-0.05, 0) is 102 Å². The van der Waals surface area contributed by atoms with Crippen molar-refractivity contribution >= 4 is 100 Å². The molecule has 0 saturated heterocycles. The third-order valence-electron chi connectivity index (χ3n) is 5.26. The van der Waals surface area contributed by atoms with E-state index in [1.54, 1.807) is 12.1 Å². The van der Waals surface area contributed by atoms with Crippen LogP contribution in [-0.4, -0.2) is 22.2 Å². The minimum Gasteiger partial charge on any atom is -0.478 e. The van der Waals surface area contributed by atoms with Gasteiger partial charge >= 0.3 is 11.9 Å². The van der Waals surface area contributed by atoms with Crippen molar-refractivity contribution in [3.8, 4) is 0 Å². The van der Waals surface area contributed by atoms with Crippen molar-refractivity contribution in [2.45, 2.75) is 0 Å². The van der Waals surface area contributed by atoms with Gasteiger partial charge in [0.25, 0.3) is 0 Å². The number of halogens is 2. The first-order chi connectivity index (χ1) is 13.4. The molecule has 0 aliphatic rings. The Morgan fingerprint density at radius 2 is 0.857 bits per heavy atom. The molecule has 0 bridgehead atoms. The normalized spacial score (nSPS) is 11.8. The molecule has 0 radical (unpaired) electrons. The zero-order valence-electron chi connectivity index (χ0n) is 14.1. The van der Waals surface area contributed by atoms with Gasteiger partial charge in [-0.25, -0.2) is 9.59 Å². The van der Waals surface area contributed by atoms with Gasteiger partial charge in [-0.1, -0.05) is 24.3 Å². The Morgan fingerprint density at radius 3 is 1.18 bits per heavy atom. The first-order valence-electron chi connectivity index (χ1n) is 8.38. The fraction of sp³-hybridized carbons (Fsp3) is 0. The number of aromatic carboxylic acids is 2. The molecular weight excluding hydrogens is 582 g/mol. The van der Waals surface area contributed by atoms with Gasteiger partial charge in [0.15, 0.2) is 0 Å². The smallest absolute Gasteiger partial charge is 0.336 e. The Labute approximate surface area is 185 Å². The summed E-state index contributed by atoms with van der Waals surface area (Å²) in [6.45, 7) is 0. The van der Waals surface area contributed by atoms with Gasteiger partial charge in [0.05, 0.1) is 11.1 Å². The molecule has 28 heavy (non-hydrogen) atoms. The molecule has 0 amide bonds. The van der Waals surface area contributed by atoms with Gasteiger partial charge in [-0.2, -0.15) is 0 Å². The molecule has 0 fully saturated rings. The van der Waals surface area contributed by atoms with E-state index in [4.69, 9.17) is 0 Å². The monoisotopic (exact) mass is 592 g/mol. The molecule has 0 spiro atoms. The molecule has 0 heterocycles. The van der Waals surface area contributed by atoms with Crippen LogP contribution < -0.4 is 0 Å². The average Bonchev–Trinajstić information content (AvgIpc) is 2.67. The van der Waals surface area contributed by atoms with Gasteiger partial charge in [-0.15, -0.1) is 0 Å². The van der Waals surface area contributed by atoms with E-state index in [2.05, 4.69) is 45.2 Å². The van der Waals surface area contributed by atoms with Crippen LogP contribution in [0.3, 0.4) is 0 Å². The summed E-state index contributed by atoms with van der Waals surface area (Å²) in [5.41, 5.74) is 0.551. The molecule has 5 aromatic carbocycles. The molecule has 0 aliphatic carbocycles. The molecule has 2 N–H and O–H groups in total. The predicted octanol–water partition coefficient (Wildman–Crippen LogP) is 6.34. The Bertz CT molecular complexity index is 1350. The van der Waals surface area contributed by atoms with Crippen molar-refractivity contribution in [1.29, 1.82) is 0 Å². The maximum absolute atomic E-state index is 11.8. The largest absolute Gasteiger partial charge is 0.478 e. The molecular formula is C22H10I2O4. The van der Waals surface area contributed by atoms with Crippen LogP contribution >= 0.6 is 45.2 Å². The number of carbonyl (C=O) groups is 2. The third-order valence-corrected chi connectivity index (χ3v) is 7.06. The van der Waals surface area contributed by atoms with E-state index in [1.807, 2.05) is 36.4 Å². The molecule has 0 atom stereocenters. The van der Waals surface area contributed by atoms with Crippen molar-refractivity contribution in [3.63, 3.8) is 0 Å². The van der Waals surface area contributed by atoms with Crippen molar-refractivity contribution in [1.82, 2.24) is 0 Å². The first-order valence-corrected chi connectivity index (χ1v) is 10.5. The quantitative estimate of drug-likeness (QED) is 0.143. The minimum absolute atomic E-state index is 0.275. The summed E-state index contributed by atoms with van der Waals surface area (Å²) in [6.07, 6.45) is 0. The zero-order valence-corrected chi connectivity index (χ0v) is 18.4. The Balaban J connectivity index is 2.18. The Morgan fingerprint density at radius 1 is 0.536 bits per heavy atom. The van der Waals surface area contributed by atoms with Crippen molar-refractivity contribution in [2.24, 2.45) is 0 Å². The van der Waals surface area contributed by atoms with E-state index < -0.39 is 11.9 Å². The van der Waals surface area contributed by atoms with Crippen LogP contribution in [0.4, 0.5) is 0 Å². The molecule has 5 aromatic rings. The fourth-order valence-electron chi connectivity index (χ4n) is 4.16. The summed E-state index contributed by atoms with van der Waals surface area (Å²) < 4.78 is 1.76. The summed E-state index contributed by atoms with van der Waals surface area (Å²) in [5, 5.41) is 26.4. The second kappa shape index (κ2) is 6.15. The van der Waals surface area contributed by atoms with E-state index in [0.717, 1.165) is 50.2 Å². The lowest BCUT2D eigenvalue weighted by atomic mass is 9.87. The molecule has 6 heteroatoms. The summed E-state index contributed by atoms with van der Waals surface area (Å²) in [5.74, 6) is -1.91. The van der Waals surface area contributed by atoms with E-state index in [0.29, 0.717) is 0 Å². The number of fused-ring (bicyclic) bond motifs is 2. The molecule has 0 aliphatic heterocycles. The van der Waals surface area contributed by atoms with Gasteiger partial charge in [-0.3, -0.25) is 0 Å². The molecule has 0 saturated carbocycles. The van der Waals surface area contributed by atoms with E-state index in [1.165, 1.54) is 0 Å². The summed E-state index contributed by atoms with van der Waals surface area (Å²) in [6, 6.07) is 14.8. The van der Waals surface area contributed by atoms with Gasteiger partial charge in [0, 0.05) is 17.9 Å². The van der Waals surface area contributed by atoms with Crippen LogP contribution in [0.2, 0.25) is 0 Å². The fourth-order valence-corrected chi connectivity index (χ4v) is 5.64. The average molecular weight is 592 g/mol. The van der Waals surface area contributed by atoms with Crippen LogP contribution in [0, 0.1) is 7.14 Å². The number of carboxylic acid groups (broad SMARTS) is 2. The van der Waals surface area contributed by atoms with Crippen LogP contribution in [0.1, 0.15) is 20.7 Å². The van der Waals surface area contributed by atoms with Crippen molar-refractivity contribution < 1.29 is 19.8 Å². The van der Waals surface area contributed by atoms with E-state index >= 15 is 0 Å². The SMILES string of the molecule is O=C(O)c1ccc2c3ccc(I)c4c(C(=O)O)ccc(c5ccc(I)c1c52)c43. The molecule has 5 rings (SSSR count). The van der Waals surface area contributed by atoms with Crippen LogP contribution in [-0.2, 0) is 0 Å². The molecule has 136 valence electrons. The highest BCUT2D eigenvalue weighted by atomic mass is 127. The van der Waals surface area contributed by atoms with Crippen LogP contribution in [0.15, 0.2) is 48.5 Å². The summed E-state index contributed by atoms with van der Waals surface area (Å²) >= 11 is 4.35. The minimum atomic E-state index is -0.957. The van der Waals surface area contributed by atoms with E-state index in [9.17, 15) is 19.8 Å². The Kier molecular flexibility index (Phi) is 3.92. The molecule has 4 nitrogen and oxygen atoms in total. The number of benzene rings is 5. The second-order valence-corrected chi connectivity index (χ2v) is 8.95. The molecule has 0 unspecified atom stereocenters. The lowest BCUT2D eigenvalue weighted by molar-refractivity contribution is 0.0688. The lowest BCUT2D eigenvalue weighted by Crippen LogP contribution is -2.02. The third kappa shape index (κ3) is 2.27. The van der Waals surface area contributed by atoms with Gasteiger partial charge < -0.3 is 10.2 Å². The summed E-state index contributed by atoms with van der Waals surface area (Å²) in [7, 11) is 0. The van der Waals surface area contributed by atoms with Crippen LogP contribution in [0.5, 0.6) is 0 Å². The standard InChI is InChI=1S/C22H10I2O4/c23-15-8-6-12-10-2-4-14(22(27)28)20-16(24)7-5-11(18(10)20)9-1-3-13(21(25)26)19(15)17(9)12/h1-8H,(H,25,26)(H,27,28). The molecule has 0 aromatic heterocycles. The maximum Gasteiger partial charge on any atom is 0.336 e. The highest BCUT2D eigenvalue weighted by Gasteiger charge is 2.21. The number of carboxylic acids is 2. The van der Waals surface area contributed by atoms with Gasteiger partial charge in [0.2, 0.25) is 0 Å². The zero-order chi connectivity index (χ0) is 19.7. The highest BCUT2D eigenvalue weighted by molar-refractivity contribution is 14.1.